The molecule has 176 valence electrons. The van der Waals surface area contributed by atoms with Crippen LogP contribution in [0.2, 0.25) is 0 Å². The number of guanidine groups is 1. The summed E-state index contributed by atoms with van der Waals surface area (Å²) in [7, 11) is 3.53. The van der Waals surface area contributed by atoms with E-state index in [1.165, 1.54) is 37.7 Å². The molecule has 2 aromatic rings. The van der Waals surface area contributed by atoms with E-state index in [1.807, 2.05) is 19.2 Å². The highest BCUT2D eigenvalue weighted by Gasteiger charge is 2.23. The predicted octanol–water partition coefficient (Wildman–Crippen LogP) is 3.13. The molecule has 9 heteroatoms. The number of hydrogen-bond donors (Lipinski definition) is 2. The largest absolute Gasteiger partial charge is 0.497 e. The molecule has 0 saturated carbocycles. The summed E-state index contributed by atoms with van der Waals surface area (Å²) in [5.74, 6) is 3.78. The van der Waals surface area contributed by atoms with Gasteiger partial charge in [0.1, 0.15) is 11.6 Å². The highest BCUT2D eigenvalue weighted by atomic mass is 127. The number of hydrogen-bond acceptors (Lipinski definition) is 5. The van der Waals surface area contributed by atoms with Crippen LogP contribution in [0.25, 0.3) is 0 Å². The van der Waals surface area contributed by atoms with Gasteiger partial charge in [0.2, 0.25) is 0 Å². The maximum atomic E-state index is 5.35. The number of aryl methyl sites for hydroxylation is 1. The third-order valence-electron chi connectivity index (χ3n) is 6.37. The van der Waals surface area contributed by atoms with Crippen molar-refractivity contribution >= 4 is 29.9 Å². The van der Waals surface area contributed by atoms with Crippen molar-refractivity contribution in [3.8, 4) is 5.75 Å². The minimum absolute atomic E-state index is 0. The first kappa shape index (κ1) is 24.8. The van der Waals surface area contributed by atoms with Gasteiger partial charge in [-0.1, -0.05) is 18.6 Å². The summed E-state index contributed by atoms with van der Waals surface area (Å²) in [6.07, 6.45) is 7.28. The van der Waals surface area contributed by atoms with Gasteiger partial charge in [0.05, 0.1) is 19.7 Å². The number of methoxy groups -OCH3 is 1. The number of nitrogens with zero attached hydrogens (tertiary/aromatic N) is 5. The molecule has 1 aromatic carbocycles. The Morgan fingerprint density at radius 1 is 1.03 bits per heavy atom. The Hall–Kier alpha value is -1.88. The van der Waals surface area contributed by atoms with Gasteiger partial charge in [-0.3, -0.25) is 9.89 Å². The lowest BCUT2D eigenvalue weighted by Crippen LogP contribution is -2.44. The van der Waals surface area contributed by atoms with E-state index < -0.39 is 0 Å². The standard InChI is InChI=1S/C23H35N7O.HI/c1-24-23(26-17-22-28-27-21-8-4-7-15-30(21)22)25-16-20(29-13-5-3-6-14-29)18-9-11-19(31-2)12-10-18;/h9-12,20H,3-8,13-17H2,1-2H3,(H2,24,25,26);1H. The van der Waals surface area contributed by atoms with Crippen LogP contribution in [0.5, 0.6) is 5.75 Å². The average molecular weight is 553 g/mol. The molecule has 1 atom stereocenters. The zero-order valence-electron chi connectivity index (χ0n) is 19.2. The van der Waals surface area contributed by atoms with Gasteiger partial charge in [-0.05, 0) is 56.5 Å². The zero-order valence-corrected chi connectivity index (χ0v) is 21.5. The lowest BCUT2D eigenvalue weighted by molar-refractivity contribution is 0.164. The fourth-order valence-electron chi connectivity index (χ4n) is 4.59. The highest BCUT2D eigenvalue weighted by Crippen LogP contribution is 2.26. The molecule has 0 amide bonds. The molecule has 8 nitrogen and oxygen atoms in total. The van der Waals surface area contributed by atoms with Crippen molar-refractivity contribution in [3.05, 3.63) is 41.5 Å². The molecule has 2 N–H and O–H groups in total. The Morgan fingerprint density at radius 3 is 2.50 bits per heavy atom. The summed E-state index contributed by atoms with van der Waals surface area (Å²) in [4.78, 5) is 7.02. The number of aliphatic imine (C=N–C) groups is 1. The minimum Gasteiger partial charge on any atom is -0.497 e. The molecule has 1 saturated heterocycles. The number of piperidine rings is 1. The van der Waals surface area contributed by atoms with E-state index in [1.54, 1.807) is 7.11 Å². The number of ether oxygens (including phenoxy) is 1. The quantitative estimate of drug-likeness (QED) is 0.312. The van der Waals surface area contributed by atoms with Crippen LogP contribution < -0.4 is 15.4 Å². The van der Waals surface area contributed by atoms with Crippen LogP contribution in [0.3, 0.4) is 0 Å². The van der Waals surface area contributed by atoms with E-state index in [2.05, 4.69) is 47.4 Å². The lowest BCUT2D eigenvalue weighted by atomic mass is 10.0. The molecule has 0 aliphatic carbocycles. The molecule has 2 aliphatic rings. The van der Waals surface area contributed by atoms with Crippen LogP contribution in [0.1, 0.15) is 55.4 Å². The fraction of sp³-hybridized carbons (Fsp3) is 0.609. The van der Waals surface area contributed by atoms with Gasteiger partial charge < -0.3 is 19.9 Å². The van der Waals surface area contributed by atoms with E-state index in [0.717, 1.165) is 56.0 Å². The van der Waals surface area contributed by atoms with Crippen molar-refractivity contribution in [3.63, 3.8) is 0 Å². The topological polar surface area (TPSA) is 79.6 Å². The zero-order chi connectivity index (χ0) is 21.5. The van der Waals surface area contributed by atoms with Crippen molar-refractivity contribution < 1.29 is 4.74 Å². The Balaban J connectivity index is 0.00000289. The van der Waals surface area contributed by atoms with E-state index in [4.69, 9.17) is 4.74 Å². The van der Waals surface area contributed by atoms with Gasteiger partial charge in [-0.15, -0.1) is 34.2 Å². The lowest BCUT2D eigenvalue weighted by Gasteiger charge is -2.35. The van der Waals surface area contributed by atoms with Gasteiger partial charge in [-0.25, -0.2) is 0 Å². The molecule has 1 fully saturated rings. The molecule has 3 heterocycles. The Bertz CT molecular complexity index is 862. The maximum Gasteiger partial charge on any atom is 0.191 e. The Morgan fingerprint density at radius 2 is 1.78 bits per heavy atom. The molecule has 0 radical (unpaired) electrons. The van der Waals surface area contributed by atoms with Gasteiger partial charge >= 0.3 is 0 Å². The molecule has 1 aromatic heterocycles. The van der Waals surface area contributed by atoms with Crippen LogP contribution in [0.15, 0.2) is 29.3 Å². The van der Waals surface area contributed by atoms with Gasteiger partial charge in [0.25, 0.3) is 0 Å². The van der Waals surface area contributed by atoms with E-state index in [-0.39, 0.29) is 24.0 Å². The number of halogens is 1. The number of fused-ring (bicyclic) bond motifs is 1. The Kier molecular flexibility index (Phi) is 9.58. The van der Waals surface area contributed by atoms with Crippen LogP contribution in [-0.2, 0) is 19.5 Å². The summed E-state index contributed by atoms with van der Waals surface area (Å²) < 4.78 is 7.59. The van der Waals surface area contributed by atoms with Gasteiger partial charge in [0.15, 0.2) is 11.8 Å². The molecule has 0 spiro atoms. The smallest absolute Gasteiger partial charge is 0.191 e. The number of likely N-dealkylation sites (tertiary alicyclic amines) is 1. The van der Waals surface area contributed by atoms with Crippen LogP contribution >= 0.6 is 24.0 Å². The normalized spacial score (nSPS) is 17.8. The van der Waals surface area contributed by atoms with Crippen LogP contribution in [0.4, 0.5) is 0 Å². The molecule has 2 aliphatic heterocycles. The van der Waals surface area contributed by atoms with Crippen LogP contribution in [0, 0.1) is 0 Å². The van der Waals surface area contributed by atoms with Gasteiger partial charge in [-0.2, -0.15) is 0 Å². The molecular weight excluding hydrogens is 517 g/mol. The second-order valence-corrected chi connectivity index (χ2v) is 8.33. The summed E-state index contributed by atoms with van der Waals surface area (Å²) in [6, 6.07) is 8.75. The maximum absolute atomic E-state index is 5.35. The third-order valence-corrected chi connectivity index (χ3v) is 6.37. The molecular formula is C23H36IN7O. The first-order valence-corrected chi connectivity index (χ1v) is 11.5. The molecule has 0 bridgehead atoms. The predicted molar refractivity (Wildman–Crippen MR) is 138 cm³/mol. The summed E-state index contributed by atoms with van der Waals surface area (Å²) in [5, 5.41) is 15.7. The van der Waals surface area contributed by atoms with Crippen molar-refractivity contribution in [2.75, 3.05) is 33.8 Å². The number of nitrogens with one attached hydrogen (secondary N) is 2. The number of aromatic nitrogens is 3. The summed E-state index contributed by atoms with van der Waals surface area (Å²) >= 11 is 0. The van der Waals surface area contributed by atoms with E-state index in [9.17, 15) is 0 Å². The molecule has 32 heavy (non-hydrogen) atoms. The fourth-order valence-corrected chi connectivity index (χ4v) is 4.59. The average Bonchev–Trinajstić information content (AvgIpc) is 3.25. The van der Waals surface area contributed by atoms with Crippen molar-refractivity contribution in [2.24, 2.45) is 4.99 Å². The first-order chi connectivity index (χ1) is 15.3. The van der Waals surface area contributed by atoms with Crippen molar-refractivity contribution in [2.45, 2.75) is 57.7 Å². The number of benzene rings is 1. The summed E-state index contributed by atoms with van der Waals surface area (Å²) in [6.45, 7) is 4.71. The van der Waals surface area contributed by atoms with E-state index >= 15 is 0 Å². The monoisotopic (exact) mass is 553 g/mol. The number of rotatable bonds is 7. The first-order valence-electron chi connectivity index (χ1n) is 11.5. The van der Waals surface area contributed by atoms with Crippen molar-refractivity contribution in [1.82, 2.24) is 30.3 Å². The van der Waals surface area contributed by atoms with Crippen LogP contribution in [-0.4, -0.2) is 59.4 Å². The second kappa shape index (κ2) is 12.4. The summed E-state index contributed by atoms with van der Waals surface area (Å²) in [5.41, 5.74) is 1.30. The highest BCUT2D eigenvalue weighted by molar-refractivity contribution is 14.0. The third kappa shape index (κ3) is 6.12. The molecule has 4 rings (SSSR count). The van der Waals surface area contributed by atoms with Crippen molar-refractivity contribution in [1.29, 1.82) is 0 Å². The molecule has 1 unspecified atom stereocenters. The van der Waals surface area contributed by atoms with E-state index in [0.29, 0.717) is 12.6 Å². The Labute approximate surface area is 208 Å². The SMILES string of the molecule is CN=C(NCc1nnc2n1CCCC2)NCC(c1ccc(OC)cc1)N1CCCCC1.I. The van der Waals surface area contributed by atoms with Gasteiger partial charge in [0, 0.05) is 26.6 Å². The second-order valence-electron chi connectivity index (χ2n) is 8.33. The minimum atomic E-state index is 0.